The van der Waals surface area contributed by atoms with Gasteiger partial charge in [0.25, 0.3) is 11.1 Å². The van der Waals surface area contributed by atoms with Gasteiger partial charge in [0.05, 0.1) is 12.0 Å². The molecule has 0 unspecified atom stereocenters. The molecule has 6 nitrogen and oxygen atoms in total. The van der Waals surface area contributed by atoms with E-state index in [0.717, 1.165) is 28.0 Å². The molecule has 0 aliphatic rings. The van der Waals surface area contributed by atoms with Crippen molar-refractivity contribution in [2.24, 2.45) is 0 Å². The van der Waals surface area contributed by atoms with E-state index in [1.807, 2.05) is 17.5 Å². The molecule has 10 heteroatoms. The molecule has 0 saturated carbocycles. The van der Waals surface area contributed by atoms with Gasteiger partial charge in [-0.1, -0.05) is 29.0 Å². The summed E-state index contributed by atoms with van der Waals surface area (Å²) < 4.78 is 10.7. The molecule has 0 spiro atoms. The van der Waals surface area contributed by atoms with Crippen LogP contribution in [0.15, 0.2) is 31.5 Å². The molecule has 0 aliphatic heterocycles. The van der Waals surface area contributed by atoms with Crippen molar-refractivity contribution in [3.8, 4) is 10.8 Å². The Morgan fingerprint density at radius 3 is 3.05 bits per heavy atom. The Kier molecular flexibility index (Phi) is 4.24. The van der Waals surface area contributed by atoms with Gasteiger partial charge < -0.3 is 9.15 Å². The van der Waals surface area contributed by atoms with Gasteiger partial charge in [0.15, 0.2) is 14.4 Å². The summed E-state index contributed by atoms with van der Waals surface area (Å²) in [5.74, 6) is -0.0718. The topological polar surface area (TPSA) is 78.1 Å². The lowest BCUT2D eigenvalue weighted by Crippen LogP contribution is -1.98. The Bertz CT molecular complexity index is 769. The standard InChI is InChI=1S/C11H6ClN3O3S3/c1-17-9(16)6-7(12)13-11(20-6)21-10-15-14-8(18-10)5-3-2-4-19-5/h2-4H,1H3. The normalized spacial score (nSPS) is 10.8. The molecule has 3 rings (SSSR count). The Balaban J connectivity index is 1.80. The summed E-state index contributed by atoms with van der Waals surface area (Å²) in [5, 5.41) is 10.3. The van der Waals surface area contributed by atoms with Gasteiger partial charge in [0.2, 0.25) is 0 Å². The van der Waals surface area contributed by atoms with Gasteiger partial charge in [-0.15, -0.1) is 21.5 Å². The van der Waals surface area contributed by atoms with E-state index in [1.54, 1.807) is 0 Å². The Hall–Kier alpha value is -1.42. The predicted molar refractivity (Wildman–Crippen MR) is 80.2 cm³/mol. The highest BCUT2D eigenvalue weighted by atomic mass is 35.5. The second-order valence-corrected chi connectivity index (χ2v) is 7.05. The first-order valence-electron chi connectivity index (χ1n) is 5.47. The summed E-state index contributed by atoms with van der Waals surface area (Å²) in [6.45, 7) is 0. The fraction of sp³-hybridized carbons (Fsp3) is 0.0909. The van der Waals surface area contributed by atoms with Crippen LogP contribution in [0.5, 0.6) is 0 Å². The molecule has 0 atom stereocenters. The lowest BCUT2D eigenvalue weighted by molar-refractivity contribution is 0.0606. The molecule has 3 heterocycles. The maximum atomic E-state index is 11.5. The number of carbonyl (C=O) groups is 1. The first kappa shape index (κ1) is 14.5. The quantitative estimate of drug-likeness (QED) is 0.654. The summed E-state index contributed by atoms with van der Waals surface area (Å²) >= 11 is 9.66. The number of methoxy groups -OCH3 is 1. The number of rotatable bonds is 4. The van der Waals surface area contributed by atoms with Crippen molar-refractivity contribution in [3.63, 3.8) is 0 Å². The van der Waals surface area contributed by atoms with Gasteiger partial charge in [-0.2, -0.15) is 0 Å². The van der Waals surface area contributed by atoms with Gasteiger partial charge in [-0.3, -0.25) is 0 Å². The lowest BCUT2D eigenvalue weighted by Gasteiger charge is -1.92. The average Bonchev–Trinajstić information content (AvgIpc) is 3.18. The number of carbonyl (C=O) groups excluding carboxylic acids is 1. The van der Waals surface area contributed by atoms with Crippen molar-refractivity contribution in [1.29, 1.82) is 0 Å². The minimum Gasteiger partial charge on any atom is -0.465 e. The van der Waals surface area contributed by atoms with Crippen LogP contribution in [0.1, 0.15) is 9.67 Å². The van der Waals surface area contributed by atoms with E-state index in [2.05, 4.69) is 19.9 Å². The van der Waals surface area contributed by atoms with Gasteiger partial charge in [0.1, 0.15) is 0 Å². The lowest BCUT2D eigenvalue weighted by atomic mass is 10.5. The largest absolute Gasteiger partial charge is 0.465 e. The third-order valence-electron chi connectivity index (χ3n) is 2.25. The van der Waals surface area contributed by atoms with Crippen LogP contribution >= 0.6 is 46.0 Å². The van der Waals surface area contributed by atoms with Crippen LogP contribution in [0.4, 0.5) is 0 Å². The fourth-order valence-corrected chi connectivity index (χ4v) is 4.12. The third kappa shape index (κ3) is 3.10. The maximum absolute atomic E-state index is 11.5. The molecule has 0 saturated heterocycles. The van der Waals surface area contributed by atoms with Crippen molar-refractivity contribution in [1.82, 2.24) is 15.2 Å². The fourth-order valence-electron chi connectivity index (χ4n) is 1.37. The number of nitrogens with zero attached hydrogens (tertiary/aromatic N) is 3. The number of halogens is 1. The monoisotopic (exact) mass is 359 g/mol. The predicted octanol–water partition coefficient (Wildman–Crippen LogP) is 3.85. The van der Waals surface area contributed by atoms with Crippen LogP contribution < -0.4 is 0 Å². The van der Waals surface area contributed by atoms with E-state index in [1.165, 1.54) is 18.4 Å². The minimum atomic E-state index is -0.519. The number of ether oxygens (including phenoxy) is 1. The number of aromatic nitrogens is 3. The van der Waals surface area contributed by atoms with Gasteiger partial charge in [-0.05, 0) is 11.4 Å². The summed E-state index contributed by atoms with van der Waals surface area (Å²) in [6, 6.07) is 3.79. The number of esters is 1. The van der Waals surface area contributed by atoms with Crippen molar-refractivity contribution in [3.05, 3.63) is 27.5 Å². The highest BCUT2D eigenvalue weighted by Crippen LogP contribution is 2.35. The molecular weight excluding hydrogens is 354 g/mol. The van der Waals surface area contributed by atoms with E-state index in [-0.39, 0.29) is 10.0 Å². The molecule has 0 N–H and O–H groups in total. The summed E-state index contributed by atoms with van der Waals surface area (Å²) in [4.78, 5) is 16.7. The van der Waals surface area contributed by atoms with Crippen molar-refractivity contribution >= 4 is 52.0 Å². The molecule has 0 bridgehead atoms. The summed E-state index contributed by atoms with van der Waals surface area (Å²) in [6.07, 6.45) is 0. The second kappa shape index (κ2) is 6.14. The highest BCUT2D eigenvalue weighted by molar-refractivity contribution is 8.00. The molecule has 21 heavy (non-hydrogen) atoms. The number of thiophene rings is 1. The van der Waals surface area contributed by atoms with Crippen molar-refractivity contribution < 1.29 is 13.9 Å². The molecule has 0 fully saturated rings. The van der Waals surface area contributed by atoms with Crippen molar-refractivity contribution in [2.45, 2.75) is 9.56 Å². The molecule has 0 amide bonds. The van der Waals surface area contributed by atoms with Crippen LogP contribution in [0, 0.1) is 0 Å². The summed E-state index contributed by atoms with van der Waals surface area (Å²) in [7, 11) is 1.29. The average molecular weight is 360 g/mol. The molecule has 3 aromatic rings. The zero-order valence-corrected chi connectivity index (χ0v) is 13.6. The number of hydrogen-bond donors (Lipinski definition) is 0. The van der Waals surface area contributed by atoms with Crippen LogP contribution in [-0.2, 0) is 4.74 Å². The zero-order valence-electron chi connectivity index (χ0n) is 10.4. The number of thiazole rings is 1. The Labute approximate surface area is 136 Å². The molecule has 0 aromatic carbocycles. The smallest absolute Gasteiger partial charge is 0.351 e. The molecule has 108 valence electrons. The highest BCUT2D eigenvalue weighted by Gasteiger charge is 2.19. The van der Waals surface area contributed by atoms with Crippen LogP contribution in [0.25, 0.3) is 10.8 Å². The van der Waals surface area contributed by atoms with Crippen molar-refractivity contribution in [2.75, 3.05) is 7.11 Å². The van der Waals surface area contributed by atoms with E-state index in [4.69, 9.17) is 16.0 Å². The second-order valence-electron chi connectivity index (χ2n) is 3.54. The first-order chi connectivity index (χ1) is 10.2. The van der Waals surface area contributed by atoms with Crippen LogP contribution in [0.2, 0.25) is 5.15 Å². The van der Waals surface area contributed by atoms with E-state index in [9.17, 15) is 4.79 Å². The van der Waals surface area contributed by atoms with E-state index < -0.39 is 5.97 Å². The molecule has 3 aromatic heterocycles. The number of hydrogen-bond acceptors (Lipinski definition) is 9. The molecule has 0 aliphatic carbocycles. The van der Waals surface area contributed by atoms with Crippen LogP contribution in [-0.4, -0.2) is 28.3 Å². The SMILES string of the molecule is COC(=O)c1sc(Sc2nnc(-c3cccs3)o2)nc1Cl. The first-order valence-corrected chi connectivity index (χ1v) is 8.36. The van der Waals surface area contributed by atoms with Gasteiger partial charge in [-0.25, -0.2) is 9.78 Å². The minimum absolute atomic E-state index is 0.104. The molecular formula is C11H6ClN3O3S3. The summed E-state index contributed by atoms with van der Waals surface area (Å²) in [5.41, 5.74) is 0. The molecule has 0 radical (unpaired) electrons. The maximum Gasteiger partial charge on any atom is 0.351 e. The van der Waals surface area contributed by atoms with Gasteiger partial charge in [0, 0.05) is 11.8 Å². The zero-order chi connectivity index (χ0) is 14.8. The van der Waals surface area contributed by atoms with Crippen LogP contribution in [0.3, 0.4) is 0 Å². The Morgan fingerprint density at radius 1 is 1.48 bits per heavy atom. The van der Waals surface area contributed by atoms with E-state index in [0.29, 0.717) is 15.5 Å². The van der Waals surface area contributed by atoms with E-state index >= 15 is 0 Å². The van der Waals surface area contributed by atoms with Gasteiger partial charge >= 0.3 is 5.97 Å². The Morgan fingerprint density at radius 2 is 2.33 bits per heavy atom. The third-order valence-corrected chi connectivity index (χ3v) is 5.43.